The van der Waals surface area contributed by atoms with Gasteiger partial charge >= 0.3 is 0 Å². The minimum absolute atomic E-state index is 0.410. The van der Waals surface area contributed by atoms with Gasteiger partial charge < -0.3 is 5.73 Å². The van der Waals surface area contributed by atoms with Gasteiger partial charge in [0, 0.05) is 24.7 Å². The molecule has 2 nitrogen and oxygen atoms in total. The number of nitrogens with zero attached hydrogens (tertiary/aromatic N) is 1. The van der Waals surface area contributed by atoms with Crippen LogP contribution in [0.25, 0.3) is 0 Å². The van der Waals surface area contributed by atoms with Gasteiger partial charge in [-0.1, -0.05) is 30.7 Å². The molecule has 1 saturated heterocycles. The molecular formula is C17H26N2. The van der Waals surface area contributed by atoms with Crippen molar-refractivity contribution in [2.24, 2.45) is 5.73 Å². The molecule has 2 N–H and O–H groups in total. The third kappa shape index (κ3) is 2.70. The van der Waals surface area contributed by atoms with E-state index in [0.29, 0.717) is 18.1 Å². The summed E-state index contributed by atoms with van der Waals surface area (Å²) >= 11 is 0. The van der Waals surface area contributed by atoms with Crippen LogP contribution in [0.1, 0.15) is 56.2 Å². The molecule has 3 rings (SSSR count). The molecule has 1 aliphatic heterocycles. The van der Waals surface area contributed by atoms with Gasteiger partial charge in [0.1, 0.15) is 0 Å². The molecule has 3 unspecified atom stereocenters. The third-order valence-electron chi connectivity index (χ3n) is 4.96. The summed E-state index contributed by atoms with van der Waals surface area (Å²) in [5, 5.41) is 0. The van der Waals surface area contributed by atoms with Gasteiger partial charge in [0.05, 0.1) is 0 Å². The maximum absolute atomic E-state index is 6.12. The molecule has 1 heterocycles. The fourth-order valence-electron chi connectivity index (χ4n) is 3.93. The molecule has 3 atom stereocenters. The van der Waals surface area contributed by atoms with E-state index in [9.17, 15) is 0 Å². The summed E-state index contributed by atoms with van der Waals surface area (Å²) in [7, 11) is 0. The molecule has 0 radical (unpaired) electrons. The second kappa shape index (κ2) is 5.64. The average Bonchev–Trinajstić information content (AvgIpc) is 2.61. The van der Waals surface area contributed by atoms with Crippen molar-refractivity contribution in [3.05, 3.63) is 35.4 Å². The number of rotatable bonds is 1. The molecule has 0 bridgehead atoms. The van der Waals surface area contributed by atoms with Gasteiger partial charge in [0.15, 0.2) is 0 Å². The molecule has 0 amide bonds. The van der Waals surface area contributed by atoms with Gasteiger partial charge in [-0.25, -0.2) is 0 Å². The molecule has 104 valence electrons. The monoisotopic (exact) mass is 258 g/mol. The van der Waals surface area contributed by atoms with Crippen LogP contribution in [-0.2, 0) is 6.42 Å². The van der Waals surface area contributed by atoms with Crippen molar-refractivity contribution in [2.45, 2.75) is 63.6 Å². The number of hydrogen-bond donors (Lipinski definition) is 1. The summed E-state index contributed by atoms with van der Waals surface area (Å²) in [5.41, 5.74) is 9.28. The van der Waals surface area contributed by atoms with E-state index in [-0.39, 0.29) is 0 Å². The summed E-state index contributed by atoms with van der Waals surface area (Å²) in [6.45, 7) is 3.52. The molecule has 1 aromatic rings. The maximum atomic E-state index is 6.12. The van der Waals surface area contributed by atoms with Crippen molar-refractivity contribution in [3.8, 4) is 0 Å². The lowest BCUT2D eigenvalue weighted by Crippen LogP contribution is -2.47. The Bertz CT molecular complexity index is 429. The zero-order valence-corrected chi connectivity index (χ0v) is 12.0. The summed E-state index contributed by atoms with van der Waals surface area (Å²) in [5.74, 6) is 0. The van der Waals surface area contributed by atoms with E-state index < -0.39 is 0 Å². The van der Waals surface area contributed by atoms with Gasteiger partial charge in [-0.2, -0.15) is 0 Å². The highest BCUT2D eigenvalue weighted by atomic mass is 15.2. The number of likely N-dealkylation sites (tertiary alicyclic amines) is 1. The SMILES string of the molecule is CC1CC(N)CCN1C1CCCCc2ccccc21. The number of fused-ring (bicyclic) bond motifs is 1. The maximum Gasteiger partial charge on any atom is 0.0353 e. The summed E-state index contributed by atoms with van der Waals surface area (Å²) in [6.07, 6.45) is 7.58. The van der Waals surface area contributed by atoms with Crippen molar-refractivity contribution in [2.75, 3.05) is 6.54 Å². The van der Waals surface area contributed by atoms with Crippen LogP contribution >= 0.6 is 0 Å². The molecule has 0 saturated carbocycles. The molecule has 1 aliphatic carbocycles. The highest BCUT2D eigenvalue weighted by Crippen LogP contribution is 2.36. The Morgan fingerprint density at radius 1 is 1.16 bits per heavy atom. The zero-order valence-electron chi connectivity index (χ0n) is 12.0. The fraction of sp³-hybridized carbons (Fsp3) is 0.647. The third-order valence-corrected chi connectivity index (χ3v) is 4.96. The van der Waals surface area contributed by atoms with Crippen LogP contribution in [0, 0.1) is 0 Å². The number of nitrogens with two attached hydrogens (primary N) is 1. The van der Waals surface area contributed by atoms with Gasteiger partial charge in [-0.05, 0) is 50.2 Å². The second-order valence-electron chi connectivity index (χ2n) is 6.33. The Labute approximate surface area is 117 Å². The van der Waals surface area contributed by atoms with E-state index in [4.69, 9.17) is 5.73 Å². The first-order valence-electron chi connectivity index (χ1n) is 7.85. The van der Waals surface area contributed by atoms with Crippen molar-refractivity contribution >= 4 is 0 Å². The first-order valence-corrected chi connectivity index (χ1v) is 7.85. The zero-order chi connectivity index (χ0) is 13.2. The Hall–Kier alpha value is -0.860. The van der Waals surface area contributed by atoms with Crippen LogP contribution in [0.2, 0.25) is 0 Å². The first kappa shape index (κ1) is 13.1. The molecule has 1 aromatic carbocycles. The predicted octanol–water partition coefficient (Wildman–Crippen LogP) is 3.27. The lowest BCUT2D eigenvalue weighted by atomic mass is 9.91. The highest BCUT2D eigenvalue weighted by Gasteiger charge is 2.31. The van der Waals surface area contributed by atoms with Crippen molar-refractivity contribution in [1.82, 2.24) is 4.90 Å². The Morgan fingerprint density at radius 2 is 2.00 bits per heavy atom. The Kier molecular flexibility index (Phi) is 3.90. The molecule has 1 fully saturated rings. The minimum atomic E-state index is 0.410. The smallest absolute Gasteiger partial charge is 0.0353 e. The standard InChI is InChI=1S/C17H26N2/c1-13-12-15(18)10-11-19(13)17-9-5-3-7-14-6-2-4-8-16(14)17/h2,4,6,8,13,15,17H,3,5,7,9-12,18H2,1H3. The lowest BCUT2D eigenvalue weighted by molar-refractivity contribution is 0.0899. The largest absolute Gasteiger partial charge is 0.328 e. The van der Waals surface area contributed by atoms with E-state index in [1.165, 1.54) is 32.2 Å². The van der Waals surface area contributed by atoms with Crippen molar-refractivity contribution in [3.63, 3.8) is 0 Å². The van der Waals surface area contributed by atoms with E-state index in [1.807, 2.05) is 0 Å². The highest BCUT2D eigenvalue weighted by molar-refractivity contribution is 5.31. The van der Waals surface area contributed by atoms with E-state index in [1.54, 1.807) is 11.1 Å². The molecule has 2 heteroatoms. The molecule has 0 spiro atoms. The van der Waals surface area contributed by atoms with Gasteiger partial charge in [0.25, 0.3) is 0 Å². The van der Waals surface area contributed by atoms with Crippen molar-refractivity contribution in [1.29, 1.82) is 0 Å². The molecular weight excluding hydrogens is 232 g/mol. The Balaban J connectivity index is 1.87. The fourth-order valence-corrected chi connectivity index (χ4v) is 3.93. The van der Waals surface area contributed by atoms with E-state index in [2.05, 4.69) is 36.1 Å². The van der Waals surface area contributed by atoms with E-state index in [0.717, 1.165) is 12.8 Å². The van der Waals surface area contributed by atoms with Gasteiger partial charge in [-0.3, -0.25) is 4.90 Å². The lowest BCUT2D eigenvalue weighted by Gasteiger charge is -2.42. The number of aryl methyl sites for hydroxylation is 1. The summed E-state index contributed by atoms with van der Waals surface area (Å²) in [4.78, 5) is 2.72. The molecule has 2 aliphatic rings. The second-order valence-corrected chi connectivity index (χ2v) is 6.33. The van der Waals surface area contributed by atoms with Crippen LogP contribution in [0.3, 0.4) is 0 Å². The summed E-state index contributed by atoms with van der Waals surface area (Å²) < 4.78 is 0. The molecule has 19 heavy (non-hydrogen) atoms. The van der Waals surface area contributed by atoms with Crippen LogP contribution in [-0.4, -0.2) is 23.5 Å². The van der Waals surface area contributed by atoms with Crippen LogP contribution in [0.15, 0.2) is 24.3 Å². The van der Waals surface area contributed by atoms with Crippen LogP contribution < -0.4 is 5.73 Å². The number of hydrogen-bond acceptors (Lipinski definition) is 2. The molecule has 0 aromatic heterocycles. The number of benzene rings is 1. The summed E-state index contributed by atoms with van der Waals surface area (Å²) in [6, 6.07) is 10.7. The topological polar surface area (TPSA) is 29.3 Å². The Morgan fingerprint density at radius 3 is 2.84 bits per heavy atom. The van der Waals surface area contributed by atoms with Crippen LogP contribution in [0.4, 0.5) is 0 Å². The van der Waals surface area contributed by atoms with Crippen molar-refractivity contribution < 1.29 is 0 Å². The van der Waals surface area contributed by atoms with Crippen LogP contribution in [0.5, 0.6) is 0 Å². The average molecular weight is 258 g/mol. The minimum Gasteiger partial charge on any atom is -0.328 e. The van der Waals surface area contributed by atoms with Gasteiger partial charge in [0.2, 0.25) is 0 Å². The normalized spacial score (nSPS) is 32.6. The quantitative estimate of drug-likeness (QED) is 0.783. The van der Waals surface area contributed by atoms with E-state index >= 15 is 0 Å². The predicted molar refractivity (Wildman–Crippen MR) is 80.1 cm³/mol. The number of piperidine rings is 1. The first-order chi connectivity index (χ1) is 9.25. The van der Waals surface area contributed by atoms with Gasteiger partial charge in [-0.15, -0.1) is 0 Å².